The third-order valence-corrected chi connectivity index (χ3v) is 3.24. The molecule has 0 atom stereocenters. The summed E-state index contributed by atoms with van der Waals surface area (Å²) in [6, 6.07) is 0. The van der Waals surface area contributed by atoms with Gasteiger partial charge in [-0.15, -0.1) is 0 Å². The molecule has 0 saturated carbocycles. The van der Waals surface area contributed by atoms with E-state index in [1.807, 2.05) is 0 Å². The number of hydrogen-bond acceptors (Lipinski definition) is 6. The third-order valence-electron chi connectivity index (χ3n) is 3.24. The zero-order chi connectivity index (χ0) is 18.1. The minimum absolute atomic E-state index is 0.0809. The molecule has 130 valence electrons. The number of hydrogen-bond donors (Lipinski definition) is 3. The van der Waals surface area contributed by atoms with Gasteiger partial charge < -0.3 is 25.7 Å². The number of amides is 4. The van der Waals surface area contributed by atoms with Gasteiger partial charge in [0.1, 0.15) is 5.78 Å². The van der Waals surface area contributed by atoms with Crippen LogP contribution in [-0.2, 0) is 24.0 Å². The lowest BCUT2D eigenvalue weighted by Crippen LogP contribution is -2.47. The van der Waals surface area contributed by atoms with Crippen molar-refractivity contribution in [2.24, 2.45) is 0 Å². The lowest BCUT2D eigenvalue weighted by molar-refractivity contribution is -0.136. The smallest absolute Gasteiger partial charge is 0.242 e. The van der Waals surface area contributed by atoms with Gasteiger partial charge in [-0.2, -0.15) is 0 Å². The average Bonchev–Trinajstić information content (AvgIpc) is 2.58. The number of ketones is 1. The Morgan fingerprint density at radius 2 is 1.92 bits per heavy atom. The summed E-state index contributed by atoms with van der Waals surface area (Å²) in [5.74, 6) is -2.03. The van der Waals surface area contributed by atoms with Crippen molar-refractivity contribution in [2.45, 2.75) is 6.92 Å². The molecule has 1 fully saturated rings. The quantitative estimate of drug-likeness (QED) is 0.426. The first kappa shape index (κ1) is 19.6. The molecule has 0 spiro atoms. The summed E-state index contributed by atoms with van der Waals surface area (Å²) in [5, 5.41) is 6.99. The van der Waals surface area contributed by atoms with Crippen LogP contribution in [0.1, 0.15) is 6.92 Å². The van der Waals surface area contributed by atoms with Crippen LogP contribution in [-0.4, -0.2) is 93.0 Å². The van der Waals surface area contributed by atoms with E-state index in [-0.39, 0.29) is 51.6 Å². The van der Waals surface area contributed by atoms with E-state index in [2.05, 4.69) is 15.9 Å². The Balaban J connectivity index is 2.72. The molecule has 0 aliphatic carbocycles. The topological polar surface area (TPSA) is 128 Å². The molecule has 1 rings (SSSR count). The molecule has 4 amide bonds. The van der Waals surface area contributed by atoms with E-state index in [4.69, 9.17) is 7.98 Å². The van der Waals surface area contributed by atoms with Crippen LogP contribution < -0.4 is 15.9 Å². The highest BCUT2D eigenvalue weighted by atomic mass is 16.2. The van der Waals surface area contributed by atoms with Gasteiger partial charge in [0.15, 0.2) is 7.98 Å². The van der Waals surface area contributed by atoms with Crippen LogP contribution >= 0.6 is 0 Å². The van der Waals surface area contributed by atoms with E-state index < -0.39 is 23.6 Å². The second-order valence-electron chi connectivity index (χ2n) is 5.27. The number of carbonyl (C=O) groups is 5. The minimum Gasteiger partial charge on any atom is -0.359 e. The van der Waals surface area contributed by atoms with Crippen LogP contribution in [0.2, 0.25) is 0 Å². The van der Waals surface area contributed by atoms with Crippen molar-refractivity contribution in [3.8, 4) is 0 Å². The Morgan fingerprint density at radius 1 is 1.21 bits per heavy atom. The van der Waals surface area contributed by atoms with Gasteiger partial charge in [-0.05, 0) is 6.92 Å². The highest BCUT2D eigenvalue weighted by Crippen LogP contribution is 1.98. The normalized spacial score (nSPS) is 15.9. The largest absolute Gasteiger partial charge is 0.359 e. The van der Waals surface area contributed by atoms with E-state index in [0.29, 0.717) is 0 Å². The summed E-state index contributed by atoms with van der Waals surface area (Å²) in [6.45, 7) is 0.492. The average molecular weight is 337 g/mol. The fourth-order valence-electron chi connectivity index (χ4n) is 1.99. The fourth-order valence-corrected chi connectivity index (χ4v) is 1.99. The van der Waals surface area contributed by atoms with Crippen molar-refractivity contribution in [2.75, 3.05) is 45.8 Å². The number of carbonyl (C=O) groups excluding carboxylic acids is 5. The summed E-state index contributed by atoms with van der Waals surface area (Å²) in [6.07, 6.45) is 0. The Morgan fingerprint density at radius 3 is 2.54 bits per heavy atom. The van der Waals surface area contributed by atoms with Crippen LogP contribution in [0.5, 0.6) is 0 Å². The first-order valence-corrected chi connectivity index (χ1v) is 7.35. The minimum atomic E-state index is -0.495. The zero-order valence-corrected chi connectivity index (χ0v) is 13.5. The maximum atomic E-state index is 12.1. The van der Waals surface area contributed by atoms with Crippen LogP contribution in [0.15, 0.2) is 0 Å². The lowest BCUT2D eigenvalue weighted by atomic mass is 10.3. The van der Waals surface area contributed by atoms with Gasteiger partial charge in [-0.3, -0.25) is 24.0 Å². The van der Waals surface area contributed by atoms with Crippen molar-refractivity contribution in [1.82, 2.24) is 25.7 Å². The van der Waals surface area contributed by atoms with Crippen LogP contribution in [0.25, 0.3) is 0 Å². The molecule has 11 heteroatoms. The monoisotopic (exact) mass is 337 g/mol. The van der Waals surface area contributed by atoms with Gasteiger partial charge in [0.05, 0.1) is 32.7 Å². The Hall–Kier alpha value is -2.43. The van der Waals surface area contributed by atoms with Crippen molar-refractivity contribution >= 4 is 37.4 Å². The van der Waals surface area contributed by atoms with Gasteiger partial charge in [0.25, 0.3) is 0 Å². The van der Waals surface area contributed by atoms with E-state index in [1.165, 1.54) is 16.7 Å². The predicted molar refractivity (Wildman–Crippen MR) is 83.6 cm³/mol. The Bertz CT molecular complexity index is 527. The Kier molecular flexibility index (Phi) is 7.89. The summed E-state index contributed by atoms with van der Waals surface area (Å²) in [5.41, 5.74) is 0. The molecule has 0 aromatic rings. The highest BCUT2D eigenvalue weighted by Gasteiger charge is 2.24. The molecular formula is C13H20BN5O5. The molecule has 1 aliphatic heterocycles. The second-order valence-corrected chi connectivity index (χ2v) is 5.27. The Labute approximate surface area is 140 Å². The van der Waals surface area contributed by atoms with E-state index in [1.54, 1.807) is 0 Å². The summed E-state index contributed by atoms with van der Waals surface area (Å²) >= 11 is 0. The van der Waals surface area contributed by atoms with Gasteiger partial charge >= 0.3 is 0 Å². The van der Waals surface area contributed by atoms with Crippen molar-refractivity contribution < 1.29 is 24.0 Å². The van der Waals surface area contributed by atoms with Crippen LogP contribution in [0.4, 0.5) is 0 Å². The van der Waals surface area contributed by atoms with Gasteiger partial charge in [-0.1, -0.05) is 0 Å². The van der Waals surface area contributed by atoms with Crippen molar-refractivity contribution in [1.29, 1.82) is 0 Å². The molecular weight excluding hydrogens is 317 g/mol. The van der Waals surface area contributed by atoms with Gasteiger partial charge in [-0.25, -0.2) is 0 Å². The summed E-state index contributed by atoms with van der Waals surface area (Å²) in [4.78, 5) is 60.8. The number of Topliss-reactive ketones (excluding diaryl/α,β-unsaturated/α-hetero) is 1. The molecule has 3 N–H and O–H groups in total. The SMILES string of the molecule is [B]NCC(=O)N1CCN(CC(=O)NCC(C)=O)C(=O)CNC(=O)C1. The number of nitrogens with zero attached hydrogens (tertiary/aromatic N) is 2. The van der Waals surface area contributed by atoms with Crippen molar-refractivity contribution in [3.63, 3.8) is 0 Å². The second kappa shape index (κ2) is 9.66. The fraction of sp³-hybridized carbons (Fsp3) is 0.615. The molecule has 2 radical (unpaired) electrons. The van der Waals surface area contributed by atoms with Crippen molar-refractivity contribution in [3.05, 3.63) is 0 Å². The number of nitrogens with one attached hydrogen (secondary N) is 3. The standard InChI is InChI=1S/C13H20BN5O5/c1-9(20)4-15-10(21)7-18-2-3-19(13(24)6-17-14)8-11(22)16-5-12(18)23/h17H,2-8H2,1H3,(H,15,21)(H,16,22). The van der Waals surface area contributed by atoms with E-state index in [0.717, 1.165) is 0 Å². The van der Waals surface area contributed by atoms with Gasteiger partial charge in [0, 0.05) is 13.1 Å². The predicted octanol–water partition coefficient (Wildman–Crippen LogP) is -3.85. The molecule has 0 aromatic carbocycles. The van der Waals surface area contributed by atoms with E-state index in [9.17, 15) is 24.0 Å². The maximum absolute atomic E-state index is 12.1. The summed E-state index contributed by atoms with van der Waals surface area (Å²) in [7, 11) is 5.10. The lowest BCUT2D eigenvalue weighted by Gasteiger charge is -2.25. The molecule has 0 unspecified atom stereocenters. The molecule has 1 saturated heterocycles. The van der Waals surface area contributed by atoms with E-state index >= 15 is 0 Å². The van der Waals surface area contributed by atoms with Crippen LogP contribution in [0, 0.1) is 0 Å². The first-order chi connectivity index (χ1) is 11.3. The van der Waals surface area contributed by atoms with Gasteiger partial charge in [0.2, 0.25) is 23.6 Å². The zero-order valence-electron chi connectivity index (χ0n) is 13.5. The number of rotatable bonds is 6. The molecule has 1 aliphatic rings. The summed E-state index contributed by atoms with van der Waals surface area (Å²) < 4.78 is 0. The van der Waals surface area contributed by atoms with Crippen LogP contribution in [0.3, 0.4) is 0 Å². The maximum Gasteiger partial charge on any atom is 0.242 e. The molecule has 1 heterocycles. The third kappa shape index (κ3) is 6.77. The molecule has 0 aromatic heterocycles. The molecule has 0 bridgehead atoms. The first-order valence-electron chi connectivity index (χ1n) is 7.35. The highest BCUT2D eigenvalue weighted by molar-refractivity contribution is 6.06. The molecule has 24 heavy (non-hydrogen) atoms. The molecule has 10 nitrogen and oxygen atoms in total.